The number of anilines is 2. The molecule has 2 N–H and O–H groups in total. The summed E-state index contributed by atoms with van der Waals surface area (Å²) in [7, 11) is 0. The first-order chi connectivity index (χ1) is 13.6. The van der Waals surface area contributed by atoms with Gasteiger partial charge in [0.25, 0.3) is 5.91 Å². The van der Waals surface area contributed by atoms with Crippen molar-refractivity contribution >= 4 is 23.5 Å². The summed E-state index contributed by atoms with van der Waals surface area (Å²) in [5.41, 5.74) is 0.905. The van der Waals surface area contributed by atoms with Crippen LogP contribution in [0.3, 0.4) is 0 Å². The lowest BCUT2D eigenvalue weighted by Gasteiger charge is -2.08. The molecule has 0 saturated heterocycles. The van der Waals surface area contributed by atoms with Crippen LogP contribution in [0.4, 0.5) is 16.0 Å². The van der Waals surface area contributed by atoms with Gasteiger partial charge in [-0.3, -0.25) is 14.6 Å². The highest BCUT2D eigenvalue weighted by atomic mass is 19.1. The van der Waals surface area contributed by atoms with Crippen LogP contribution >= 0.6 is 0 Å². The van der Waals surface area contributed by atoms with E-state index in [9.17, 15) is 14.0 Å². The number of halogens is 1. The number of amides is 2. The minimum atomic E-state index is -0.440. The van der Waals surface area contributed by atoms with Gasteiger partial charge in [0.2, 0.25) is 5.91 Å². The van der Waals surface area contributed by atoms with Gasteiger partial charge in [-0.05, 0) is 37.1 Å². The summed E-state index contributed by atoms with van der Waals surface area (Å²) < 4.78 is 13.9. The second-order valence-electron chi connectivity index (χ2n) is 6.42. The standard InChI is InChI=1S/C20H16FN5O2/c21-15-4-2-1-3-14(15)16-10-22-11-18(24-16)26-20(28)13-7-8-23-17(9-13)25-19(27)12-5-6-12/h1-4,7-12H,5-6H2,(H,23,25,27)(H,24,26,28). The number of nitrogens with one attached hydrogen (secondary N) is 2. The molecule has 1 fully saturated rings. The molecule has 140 valence electrons. The zero-order valence-electron chi connectivity index (χ0n) is 14.7. The Labute approximate surface area is 160 Å². The maximum Gasteiger partial charge on any atom is 0.257 e. The van der Waals surface area contributed by atoms with Gasteiger partial charge in [0, 0.05) is 23.2 Å². The minimum absolute atomic E-state index is 0.0377. The minimum Gasteiger partial charge on any atom is -0.310 e. The third kappa shape index (κ3) is 4.01. The predicted octanol–water partition coefficient (Wildman–Crippen LogP) is 3.28. The molecule has 2 heterocycles. The highest BCUT2D eigenvalue weighted by Gasteiger charge is 2.29. The van der Waals surface area contributed by atoms with Crippen molar-refractivity contribution in [3.8, 4) is 11.3 Å². The van der Waals surface area contributed by atoms with Gasteiger partial charge in [0.15, 0.2) is 5.82 Å². The fourth-order valence-corrected chi connectivity index (χ4v) is 2.63. The smallest absolute Gasteiger partial charge is 0.257 e. The predicted molar refractivity (Wildman–Crippen MR) is 101 cm³/mol. The average molecular weight is 377 g/mol. The molecule has 0 bridgehead atoms. The topological polar surface area (TPSA) is 96.9 Å². The van der Waals surface area contributed by atoms with Crippen LogP contribution in [0.2, 0.25) is 0 Å². The van der Waals surface area contributed by atoms with Gasteiger partial charge >= 0.3 is 0 Å². The molecule has 0 spiro atoms. The van der Waals surface area contributed by atoms with Gasteiger partial charge in [0.05, 0.1) is 18.1 Å². The van der Waals surface area contributed by atoms with Crippen molar-refractivity contribution < 1.29 is 14.0 Å². The number of carbonyl (C=O) groups excluding carboxylic acids is 2. The second kappa shape index (κ2) is 7.51. The van der Waals surface area contributed by atoms with Gasteiger partial charge in [-0.2, -0.15) is 0 Å². The molecule has 0 aliphatic heterocycles. The van der Waals surface area contributed by atoms with Gasteiger partial charge in [-0.15, -0.1) is 0 Å². The van der Waals surface area contributed by atoms with Crippen molar-refractivity contribution in [2.24, 2.45) is 5.92 Å². The number of hydrogen-bond acceptors (Lipinski definition) is 5. The molecule has 4 rings (SSSR count). The number of benzene rings is 1. The van der Waals surface area contributed by atoms with Crippen LogP contribution in [0.1, 0.15) is 23.2 Å². The third-order valence-electron chi connectivity index (χ3n) is 4.25. The van der Waals surface area contributed by atoms with Crippen LogP contribution in [0, 0.1) is 11.7 Å². The summed E-state index contributed by atoms with van der Waals surface area (Å²) in [6, 6.07) is 9.21. The van der Waals surface area contributed by atoms with E-state index in [2.05, 4.69) is 25.6 Å². The van der Waals surface area contributed by atoms with E-state index in [0.717, 1.165) is 12.8 Å². The molecule has 0 atom stereocenters. The Kier molecular flexibility index (Phi) is 4.76. The first-order valence-electron chi connectivity index (χ1n) is 8.75. The van der Waals surface area contributed by atoms with Crippen molar-refractivity contribution in [3.63, 3.8) is 0 Å². The summed E-state index contributed by atoms with van der Waals surface area (Å²) in [4.78, 5) is 36.7. The summed E-state index contributed by atoms with van der Waals surface area (Å²) in [6.45, 7) is 0. The van der Waals surface area contributed by atoms with Crippen molar-refractivity contribution in [2.75, 3.05) is 10.6 Å². The molecule has 3 aromatic rings. The zero-order chi connectivity index (χ0) is 19.5. The van der Waals surface area contributed by atoms with Crippen molar-refractivity contribution in [2.45, 2.75) is 12.8 Å². The molecule has 1 saturated carbocycles. The quantitative estimate of drug-likeness (QED) is 0.711. The number of aromatic nitrogens is 3. The molecule has 1 aliphatic carbocycles. The maximum atomic E-state index is 13.9. The molecule has 1 aliphatic rings. The van der Waals surface area contributed by atoms with E-state index in [-0.39, 0.29) is 17.6 Å². The Balaban J connectivity index is 1.50. The fourth-order valence-electron chi connectivity index (χ4n) is 2.63. The molecule has 1 aromatic carbocycles. The fraction of sp³-hybridized carbons (Fsp3) is 0.150. The van der Waals surface area contributed by atoms with Gasteiger partial charge in [0.1, 0.15) is 11.6 Å². The number of pyridine rings is 1. The lowest BCUT2D eigenvalue weighted by molar-refractivity contribution is -0.117. The lowest BCUT2D eigenvalue weighted by atomic mass is 10.1. The lowest BCUT2D eigenvalue weighted by Crippen LogP contribution is -2.17. The Bertz CT molecular complexity index is 1050. The molecule has 28 heavy (non-hydrogen) atoms. The van der Waals surface area contributed by atoms with E-state index in [4.69, 9.17) is 0 Å². The number of nitrogens with zero attached hydrogens (tertiary/aromatic N) is 3. The summed E-state index contributed by atoms with van der Waals surface area (Å²) in [5.74, 6) is -0.416. The molecule has 2 aromatic heterocycles. The highest BCUT2D eigenvalue weighted by molar-refractivity contribution is 6.04. The molecular formula is C20H16FN5O2. The van der Waals surface area contributed by atoms with Crippen molar-refractivity contribution in [1.29, 1.82) is 0 Å². The Morgan fingerprint density at radius 3 is 2.64 bits per heavy atom. The zero-order valence-corrected chi connectivity index (χ0v) is 14.7. The molecule has 0 unspecified atom stereocenters. The Hall–Kier alpha value is -3.68. The summed E-state index contributed by atoms with van der Waals surface area (Å²) >= 11 is 0. The number of carbonyl (C=O) groups is 2. The van der Waals surface area contributed by atoms with Crippen LogP contribution < -0.4 is 10.6 Å². The largest absolute Gasteiger partial charge is 0.310 e. The molecule has 8 heteroatoms. The highest BCUT2D eigenvalue weighted by Crippen LogP contribution is 2.30. The van der Waals surface area contributed by atoms with Gasteiger partial charge in [-0.25, -0.2) is 14.4 Å². The van der Waals surface area contributed by atoms with E-state index in [1.54, 1.807) is 18.2 Å². The van der Waals surface area contributed by atoms with Crippen LogP contribution in [0.25, 0.3) is 11.3 Å². The first-order valence-corrected chi connectivity index (χ1v) is 8.75. The first kappa shape index (κ1) is 17.7. The van der Waals surface area contributed by atoms with E-state index in [1.165, 1.54) is 36.8 Å². The summed E-state index contributed by atoms with van der Waals surface area (Å²) in [6.07, 6.45) is 6.00. The van der Waals surface area contributed by atoms with E-state index >= 15 is 0 Å². The monoisotopic (exact) mass is 377 g/mol. The van der Waals surface area contributed by atoms with Crippen LogP contribution in [-0.2, 0) is 4.79 Å². The molecule has 0 radical (unpaired) electrons. The number of rotatable bonds is 5. The normalized spacial score (nSPS) is 13.0. The van der Waals surface area contributed by atoms with E-state index in [0.29, 0.717) is 22.6 Å². The Morgan fingerprint density at radius 2 is 1.86 bits per heavy atom. The Morgan fingerprint density at radius 1 is 1.04 bits per heavy atom. The van der Waals surface area contributed by atoms with Crippen molar-refractivity contribution in [3.05, 3.63) is 66.4 Å². The molecule has 2 amide bonds. The van der Waals surface area contributed by atoms with Gasteiger partial charge in [-0.1, -0.05) is 12.1 Å². The SMILES string of the molecule is O=C(Nc1cncc(-c2ccccc2F)n1)c1ccnc(NC(=O)C2CC2)c1. The molecular weight excluding hydrogens is 361 g/mol. The van der Waals surface area contributed by atoms with E-state index < -0.39 is 11.7 Å². The van der Waals surface area contributed by atoms with Crippen molar-refractivity contribution in [1.82, 2.24) is 15.0 Å². The summed E-state index contributed by atoms with van der Waals surface area (Å²) in [5, 5.41) is 5.33. The average Bonchev–Trinajstić information content (AvgIpc) is 3.54. The van der Waals surface area contributed by atoms with Gasteiger partial charge < -0.3 is 10.6 Å². The van der Waals surface area contributed by atoms with Crippen LogP contribution in [-0.4, -0.2) is 26.8 Å². The van der Waals surface area contributed by atoms with Crippen LogP contribution in [0.15, 0.2) is 55.0 Å². The maximum absolute atomic E-state index is 13.9. The second-order valence-corrected chi connectivity index (χ2v) is 6.42. The third-order valence-corrected chi connectivity index (χ3v) is 4.25. The number of hydrogen-bond donors (Lipinski definition) is 2. The van der Waals surface area contributed by atoms with Crippen LogP contribution in [0.5, 0.6) is 0 Å². The van der Waals surface area contributed by atoms with E-state index in [1.807, 2.05) is 0 Å². The molecule has 7 nitrogen and oxygen atoms in total.